The molecule has 1 atom stereocenters. The first-order chi connectivity index (χ1) is 12.0. The fraction of sp³-hybridized carbons (Fsp3) is 0.294. The second-order valence-corrected chi connectivity index (χ2v) is 5.72. The van der Waals surface area contributed by atoms with Crippen LogP contribution >= 0.6 is 0 Å². The number of Topliss-reactive ketones (excluding diaryl/α,β-unsaturated/α-hetero) is 1. The highest BCUT2D eigenvalue weighted by molar-refractivity contribution is 5.87. The summed E-state index contributed by atoms with van der Waals surface area (Å²) >= 11 is 0. The average molecular weight is 336 g/mol. The Labute approximate surface area is 143 Å². The average Bonchev–Trinajstić information content (AvgIpc) is 2.89. The van der Waals surface area contributed by atoms with Crippen LogP contribution in [0.1, 0.15) is 29.6 Å². The number of nitriles is 1. The third-order valence-corrected chi connectivity index (χ3v) is 3.77. The summed E-state index contributed by atoms with van der Waals surface area (Å²) in [5.74, 6) is -1.19. The number of aryl methyl sites for hydroxylation is 3. The molecule has 0 aliphatic heterocycles. The number of aromatic nitrogens is 5. The summed E-state index contributed by atoms with van der Waals surface area (Å²) in [5.41, 5.74) is 1.59. The second kappa shape index (κ2) is 6.65. The fourth-order valence-corrected chi connectivity index (χ4v) is 2.63. The van der Waals surface area contributed by atoms with Crippen molar-refractivity contribution in [2.24, 2.45) is 0 Å². The van der Waals surface area contributed by atoms with Gasteiger partial charge in [0.05, 0.1) is 12.6 Å². The van der Waals surface area contributed by atoms with Crippen LogP contribution in [-0.2, 0) is 11.3 Å². The molecular weight excluding hydrogens is 320 g/mol. The predicted molar refractivity (Wildman–Crippen MR) is 88.9 cm³/mol. The highest BCUT2D eigenvalue weighted by Gasteiger charge is 2.23. The third kappa shape index (κ3) is 3.30. The van der Waals surface area contributed by atoms with Gasteiger partial charge in [-0.05, 0) is 32.0 Å². The van der Waals surface area contributed by atoms with Gasteiger partial charge in [-0.3, -0.25) is 9.20 Å². The van der Waals surface area contributed by atoms with Crippen LogP contribution in [0.25, 0.3) is 5.65 Å². The number of nitrogens with zero attached hydrogens (tertiary/aromatic N) is 6. The smallest absolute Gasteiger partial charge is 0.298 e. The van der Waals surface area contributed by atoms with E-state index in [1.54, 1.807) is 44.3 Å². The Morgan fingerprint density at radius 1 is 1.28 bits per heavy atom. The highest BCUT2D eigenvalue weighted by Crippen LogP contribution is 2.15. The van der Waals surface area contributed by atoms with Crippen molar-refractivity contribution in [2.75, 3.05) is 0 Å². The van der Waals surface area contributed by atoms with Crippen molar-refractivity contribution in [3.8, 4) is 6.07 Å². The maximum atomic E-state index is 12.4. The zero-order valence-corrected chi connectivity index (χ0v) is 13.9. The van der Waals surface area contributed by atoms with Crippen LogP contribution in [0.2, 0.25) is 0 Å². The molecule has 0 N–H and O–H groups in total. The van der Waals surface area contributed by atoms with E-state index in [9.17, 15) is 14.9 Å². The van der Waals surface area contributed by atoms with Crippen LogP contribution < -0.4 is 5.69 Å². The maximum absolute atomic E-state index is 12.4. The number of pyridine rings is 1. The van der Waals surface area contributed by atoms with E-state index in [-0.39, 0.29) is 30.3 Å². The van der Waals surface area contributed by atoms with Gasteiger partial charge in [0.15, 0.2) is 23.2 Å². The second-order valence-electron chi connectivity index (χ2n) is 5.72. The summed E-state index contributed by atoms with van der Waals surface area (Å²) in [4.78, 5) is 33.0. The zero-order valence-electron chi connectivity index (χ0n) is 13.9. The van der Waals surface area contributed by atoms with E-state index in [0.29, 0.717) is 17.0 Å². The van der Waals surface area contributed by atoms with E-state index in [2.05, 4.69) is 15.1 Å². The number of rotatable bonds is 5. The van der Waals surface area contributed by atoms with Crippen LogP contribution in [0.4, 0.5) is 0 Å². The minimum absolute atomic E-state index is 0.00162. The first kappa shape index (κ1) is 16.5. The molecule has 8 nitrogen and oxygen atoms in total. The summed E-state index contributed by atoms with van der Waals surface area (Å²) in [6.07, 6.45) is 1.61. The lowest BCUT2D eigenvalue weighted by Crippen LogP contribution is -2.24. The van der Waals surface area contributed by atoms with E-state index in [4.69, 9.17) is 0 Å². The van der Waals surface area contributed by atoms with Gasteiger partial charge in [0.25, 0.3) is 0 Å². The van der Waals surface area contributed by atoms with Crippen molar-refractivity contribution in [1.29, 1.82) is 5.26 Å². The fourth-order valence-electron chi connectivity index (χ4n) is 2.63. The number of hydrogen-bond acceptors (Lipinski definition) is 6. The molecule has 8 heteroatoms. The molecule has 126 valence electrons. The van der Waals surface area contributed by atoms with Gasteiger partial charge < -0.3 is 0 Å². The van der Waals surface area contributed by atoms with Crippen LogP contribution in [0.15, 0.2) is 35.3 Å². The molecule has 0 aromatic carbocycles. The molecule has 0 bridgehead atoms. The van der Waals surface area contributed by atoms with Gasteiger partial charge in [0.2, 0.25) is 0 Å². The first-order valence-electron chi connectivity index (χ1n) is 7.78. The van der Waals surface area contributed by atoms with Crippen molar-refractivity contribution in [3.63, 3.8) is 0 Å². The molecule has 3 aromatic heterocycles. The Hall–Kier alpha value is -3.34. The summed E-state index contributed by atoms with van der Waals surface area (Å²) < 4.78 is 2.63. The molecule has 3 heterocycles. The Morgan fingerprint density at radius 2 is 2.00 bits per heavy atom. The molecule has 0 aliphatic carbocycles. The predicted octanol–water partition coefficient (Wildman–Crippen LogP) is 1.17. The number of carbonyl (C=O) groups excluding carboxylic acids is 1. The van der Waals surface area contributed by atoms with Crippen LogP contribution in [-0.4, -0.2) is 29.9 Å². The minimum Gasteiger partial charge on any atom is -0.298 e. The largest absolute Gasteiger partial charge is 0.350 e. The number of hydrogen-bond donors (Lipinski definition) is 0. The van der Waals surface area contributed by atoms with E-state index >= 15 is 0 Å². The summed E-state index contributed by atoms with van der Waals surface area (Å²) in [6.45, 7) is 3.67. The number of ketones is 1. The Bertz CT molecular complexity index is 1020. The van der Waals surface area contributed by atoms with Gasteiger partial charge in [-0.1, -0.05) is 6.07 Å². The molecule has 0 amide bonds. The SMILES string of the molecule is Cc1cc(C)nc([C@@H](C#N)C(=O)CCn2nc3ccccn3c2=O)n1. The van der Waals surface area contributed by atoms with E-state index < -0.39 is 5.92 Å². The Kier molecular flexibility index (Phi) is 4.39. The molecule has 25 heavy (non-hydrogen) atoms. The standard InChI is InChI=1S/C17H16N6O2/c1-11-9-12(2)20-16(19-11)13(10-18)14(24)6-8-23-17(25)22-7-4-3-5-15(22)21-23/h3-5,7,9,13H,6,8H2,1-2H3/t13-/m0/s1. The molecule has 0 spiro atoms. The van der Waals surface area contributed by atoms with Gasteiger partial charge in [-0.15, -0.1) is 5.10 Å². The molecule has 3 rings (SSSR count). The Morgan fingerprint density at radius 3 is 2.64 bits per heavy atom. The van der Waals surface area contributed by atoms with Crippen molar-refractivity contribution >= 4 is 11.4 Å². The summed E-state index contributed by atoms with van der Waals surface area (Å²) in [6, 6.07) is 8.96. The van der Waals surface area contributed by atoms with Gasteiger partial charge in [0, 0.05) is 24.0 Å². The van der Waals surface area contributed by atoms with Crippen molar-refractivity contribution < 1.29 is 4.79 Å². The van der Waals surface area contributed by atoms with Gasteiger partial charge in [0.1, 0.15) is 0 Å². The quantitative estimate of drug-likeness (QED) is 0.692. The van der Waals surface area contributed by atoms with Gasteiger partial charge in [-0.25, -0.2) is 19.4 Å². The molecule has 0 saturated carbocycles. The zero-order chi connectivity index (χ0) is 18.0. The van der Waals surface area contributed by atoms with Gasteiger partial charge >= 0.3 is 5.69 Å². The number of carbonyl (C=O) groups is 1. The molecule has 3 aromatic rings. The molecule has 0 unspecified atom stereocenters. The maximum Gasteiger partial charge on any atom is 0.350 e. The lowest BCUT2D eigenvalue weighted by atomic mass is 10.0. The van der Waals surface area contributed by atoms with Gasteiger partial charge in [-0.2, -0.15) is 5.26 Å². The topological polar surface area (TPSA) is 106 Å². The lowest BCUT2D eigenvalue weighted by molar-refractivity contribution is -0.119. The molecule has 0 saturated heterocycles. The minimum atomic E-state index is -1.05. The van der Waals surface area contributed by atoms with E-state index in [1.165, 1.54) is 9.08 Å². The Balaban J connectivity index is 1.79. The molecular formula is C17H16N6O2. The number of fused-ring (bicyclic) bond motifs is 1. The third-order valence-electron chi connectivity index (χ3n) is 3.77. The van der Waals surface area contributed by atoms with Crippen molar-refractivity contribution in [1.82, 2.24) is 24.1 Å². The van der Waals surface area contributed by atoms with Crippen LogP contribution in [0.3, 0.4) is 0 Å². The highest BCUT2D eigenvalue weighted by atomic mass is 16.2. The monoisotopic (exact) mass is 336 g/mol. The normalized spacial score (nSPS) is 12.0. The van der Waals surface area contributed by atoms with Crippen LogP contribution in [0, 0.1) is 25.2 Å². The summed E-state index contributed by atoms with van der Waals surface area (Å²) in [7, 11) is 0. The molecule has 0 radical (unpaired) electrons. The van der Waals surface area contributed by atoms with Crippen molar-refractivity contribution in [3.05, 3.63) is 58.2 Å². The van der Waals surface area contributed by atoms with Crippen molar-refractivity contribution in [2.45, 2.75) is 32.7 Å². The van der Waals surface area contributed by atoms with E-state index in [0.717, 1.165) is 0 Å². The first-order valence-corrected chi connectivity index (χ1v) is 7.78. The van der Waals surface area contributed by atoms with E-state index in [1.807, 2.05) is 6.07 Å². The molecule has 0 aliphatic rings. The summed E-state index contributed by atoms with van der Waals surface area (Å²) in [5, 5.41) is 13.5. The van der Waals surface area contributed by atoms with Crippen LogP contribution in [0.5, 0.6) is 0 Å². The molecule has 0 fully saturated rings. The lowest BCUT2D eigenvalue weighted by Gasteiger charge is -2.08.